The van der Waals surface area contributed by atoms with Crippen LogP contribution in [0.25, 0.3) is 0 Å². The van der Waals surface area contributed by atoms with Gasteiger partial charge >= 0.3 is 0 Å². The van der Waals surface area contributed by atoms with Gasteiger partial charge in [0.05, 0.1) is 0 Å². The maximum Gasteiger partial charge on any atom is 0.194 e. The molecule has 0 N–H and O–H groups in total. The van der Waals surface area contributed by atoms with Gasteiger partial charge in [0.25, 0.3) is 0 Å². The molecule has 0 saturated carbocycles. The van der Waals surface area contributed by atoms with Gasteiger partial charge in [-0.1, -0.05) is 115 Å². The molecule has 0 aliphatic carbocycles. The summed E-state index contributed by atoms with van der Waals surface area (Å²) in [7, 11) is -2.09. The largest absolute Gasteiger partial charge is 1.00 e. The second-order valence-corrected chi connectivity index (χ2v) is 12.9. The van der Waals surface area contributed by atoms with Gasteiger partial charge in [-0.3, -0.25) is 0 Å². The Bertz CT molecular complexity index is 1260. The van der Waals surface area contributed by atoms with Gasteiger partial charge in [-0.15, -0.1) is 0 Å². The Hall–Kier alpha value is -2.82. The van der Waals surface area contributed by atoms with Crippen molar-refractivity contribution in [3.63, 3.8) is 0 Å². The standard InChI is InChI=1S/C34H30O2P.HI/c1-6-16-27(17-7-1)33-34(28-18-8-2-9-19-28)36-32(35-33)26-37(29-20-10-3-11-21-29,30-22-12-4-13-23-30)31-24-14-5-15-25-31;/h1-25,32-34H,26H2;1H/q+1;/p-1. The minimum absolute atomic E-state index is 0. The lowest BCUT2D eigenvalue weighted by Crippen LogP contribution is -3.00. The summed E-state index contributed by atoms with van der Waals surface area (Å²) in [5, 5.41) is 4.00. The summed E-state index contributed by atoms with van der Waals surface area (Å²) in [6, 6.07) is 53.7. The molecule has 1 aliphatic heterocycles. The summed E-state index contributed by atoms with van der Waals surface area (Å²) in [6.45, 7) is 0. The van der Waals surface area contributed by atoms with Crippen molar-refractivity contribution in [2.45, 2.75) is 18.5 Å². The van der Waals surface area contributed by atoms with Crippen LogP contribution in [0.4, 0.5) is 0 Å². The lowest BCUT2D eigenvalue weighted by molar-refractivity contribution is -0.0486. The Balaban J connectivity index is 0.00000294. The molecule has 5 aromatic carbocycles. The Morgan fingerprint density at radius 1 is 0.421 bits per heavy atom. The van der Waals surface area contributed by atoms with Crippen molar-refractivity contribution in [2.24, 2.45) is 0 Å². The molecular formula is C34H30IO2P. The van der Waals surface area contributed by atoms with Crippen LogP contribution in [0.15, 0.2) is 152 Å². The average molecular weight is 628 g/mol. The predicted octanol–water partition coefficient (Wildman–Crippen LogP) is 3.84. The highest BCUT2D eigenvalue weighted by atomic mass is 127. The second kappa shape index (κ2) is 12.4. The zero-order valence-corrected chi connectivity index (χ0v) is 24.1. The van der Waals surface area contributed by atoms with Crippen LogP contribution in [0.1, 0.15) is 23.3 Å². The highest BCUT2D eigenvalue weighted by molar-refractivity contribution is 7.95. The summed E-state index contributed by atoms with van der Waals surface area (Å²) in [4.78, 5) is 0. The number of hydrogen-bond donors (Lipinski definition) is 0. The topological polar surface area (TPSA) is 18.5 Å². The fourth-order valence-corrected chi connectivity index (χ4v) is 9.60. The van der Waals surface area contributed by atoms with E-state index in [1.807, 2.05) is 12.1 Å². The van der Waals surface area contributed by atoms with Crippen molar-refractivity contribution >= 4 is 23.2 Å². The Morgan fingerprint density at radius 2 is 0.711 bits per heavy atom. The minimum atomic E-state index is -2.09. The van der Waals surface area contributed by atoms with Crippen molar-refractivity contribution in [1.82, 2.24) is 0 Å². The molecule has 2 unspecified atom stereocenters. The molecular weight excluding hydrogens is 598 g/mol. The fourth-order valence-electron chi connectivity index (χ4n) is 5.41. The number of rotatable bonds is 7. The van der Waals surface area contributed by atoms with Crippen LogP contribution in [-0.4, -0.2) is 12.5 Å². The molecule has 0 amide bonds. The maximum absolute atomic E-state index is 6.84. The summed E-state index contributed by atoms with van der Waals surface area (Å²) in [6.07, 6.45) is 0.0672. The molecule has 190 valence electrons. The summed E-state index contributed by atoms with van der Waals surface area (Å²) in [5.41, 5.74) is 2.28. The zero-order chi connectivity index (χ0) is 24.9. The van der Waals surface area contributed by atoms with E-state index in [2.05, 4.69) is 140 Å². The molecule has 2 atom stereocenters. The lowest BCUT2D eigenvalue weighted by atomic mass is 9.99. The molecule has 2 nitrogen and oxygen atoms in total. The van der Waals surface area contributed by atoms with E-state index in [4.69, 9.17) is 9.47 Å². The molecule has 5 aromatic rings. The van der Waals surface area contributed by atoms with Crippen LogP contribution in [0, 0.1) is 0 Å². The fraction of sp³-hybridized carbons (Fsp3) is 0.118. The van der Waals surface area contributed by atoms with Crippen LogP contribution < -0.4 is 39.9 Å². The first-order valence-electron chi connectivity index (χ1n) is 12.8. The van der Waals surface area contributed by atoms with Crippen LogP contribution in [0.5, 0.6) is 0 Å². The number of halogens is 1. The van der Waals surface area contributed by atoms with Gasteiger partial charge < -0.3 is 33.5 Å². The molecule has 0 radical (unpaired) electrons. The van der Waals surface area contributed by atoms with Crippen LogP contribution >= 0.6 is 7.26 Å². The van der Waals surface area contributed by atoms with Crippen LogP contribution in [0.2, 0.25) is 0 Å². The summed E-state index contributed by atoms with van der Waals surface area (Å²) in [5.74, 6) is 0. The normalized spacial score (nSPS) is 19.0. The molecule has 4 heteroatoms. The van der Waals surface area contributed by atoms with Crippen molar-refractivity contribution in [3.05, 3.63) is 163 Å². The Labute approximate surface area is 243 Å². The first-order valence-corrected chi connectivity index (χ1v) is 14.8. The SMILES string of the molecule is [I-].c1ccc(C2OC(C[P+](c3ccccc3)(c3ccccc3)c3ccccc3)OC2c2ccccc2)cc1. The van der Waals surface area contributed by atoms with E-state index in [1.165, 1.54) is 15.9 Å². The van der Waals surface area contributed by atoms with E-state index in [-0.39, 0.29) is 42.5 Å². The lowest BCUT2D eigenvalue weighted by Gasteiger charge is -2.29. The zero-order valence-electron chi connectivity index (χ0n) is 21.0. The quantitative estimate of drug-likeness (QED) is 0.202. The van der Waals surface area contributed by atoms with Gasteiger partial charge in [0.1, 0.15) is 41.5 Å². The Kier molecular flexibility index (Phi) is 8.71. The van der Waals surface area contributed by atoms with E-state index in [0.717, 1.165) is 17.3 Å². The molecule has 0 spiro atoms. The third kappa shape index (κ3) is 5.34. The first kappa shape index (κ1) is 26.8. The van der Waals surface area contributed by atoms with Crippen molar-refractivity contribution in [3.8, 4) is 0 Å². The molecule has 6 rings (SSSR count). The maximum atomic E-state index is 6.84. The smallest absolute Gasteiger partial charge is 0.194 e. The monoisotopic (exact) mass is 628 g/mol. The predicted molar refractivity (Wildman–Crippen MR) is 154 cm³/mol. The second-order valence-electron chi connectivity index (χ2n) is 9.36. The Morgan fingerprint density at radius 3 is 1.03 bits per heavy atom. The summed E-state index contributed by atoms with van der Waals surface area (Å²) < 4.78 is 13.7. The highest BCUT2D eigenvalue weighted by Gasteiger charge is 2.51. The van der Waals surface area contributed by atoms with Crippen LogP contribution in [-0.2, 0) is 9.47 Å². The highest BCUT2D eigenvalue weighted by Crippen LogP contribution is 2.58. The van der Waals surface area contributed by atoms with Crippen molar-refractivity contribution < 1.29 is 33.5 Å². The van der Waals surface area contributed by atoms with E-state index in [0.29, 0.717) is 0 Å². The van der Waals surface area contributed by atoms with Gasteiger partial charge in [0.15, 0.2) is 6.29 Å². The first-order chi connectivity index (χ1) is 18.3. The third-order valence-corrected chi connectivity index (χ3v) is 11.5. The number of benzene rings is 5. The molecule has 1 fully saturated rings. The van der Waals surface area contributed by atoms with Crippen molar-refractivity contribution in [1.29, 1.82) is 0 Å². The average Bonchev–Trinajstić information content (AvgIpc) is 3.42. The van der Waals surface area contributed by atoms with E-state index >= 15 is 0 Å². The van der Waals surface area contributed by atoms with Crippen molar-refractivity contribution in [2.75, 3.05) is 6.16 Å². The molecule has 1 heterocycles. The van der Waals surface area contributed by atoms with Gasteiger partial charge in [-0.25, -0.2) is 0 Å². The molecule has 0 bridgehead atoms. The molecule has 1 aliphatic rings. The van der Waals surface area contributed by atoms with E-state index in [1.54, 1.807) is 0 Å². The van der Waals surface area contributed by atoms with E-state index in [9.17, 15) is 0 Å². The van der Waals surface area contributed by atoms with Gasteiger partial charge in [-0.05, 0) is 47.5 Å². The van der Waals surface area contributed by atoms with Gasteiger partial charge in [0.2, 0.25) is 0 Å². The third-order valence-electron chi connectivity index (χ3n) is 7.14. The number of hydrogen-bond acceptors (Lipinski definition) is 2. The van der Waals surface area contributed by atoms with E-state index < -0.39 is 7.26 Å². The molecule has 0 aromatic heterocycles. The number of ether oxygens (including phenoxy) is 2. The molecule has 1 saturated heterocycles. The van der Waals surface area contributed by atoms with Gasteiger partial charge in [0, 0.05) is 0 Å². The summed E-state index contributed by atoms with van der Waals surface area (Å²) >= 11 is 0. The minimum Gasteiger partial charge on any atom is -1.00 e. The van der Waals surface area contributed by atoms with Gasteiger partial charge in [-0.2, -0.15) is 0 Å². The van der Waals surface area contributed by atoms with Crippen LogP contribution in [0.3, 0.4) is 0 Å². The molecule has 38 heavy (non-hydrogen) atoms.